The molecule has 2 aromatic rings. The van der Waals surface area contributed by atoms with Crippen molar-refractivity contribution in [2.75, 3.05) is 26.7 Å². The zero-order chi connectivity index (χ0) is 20.6. The van der Waals surface area contributed by atoms with Gasteiger partial charge in [-0.05, 0) is 42.5 Å². The summed E-state index contributed by atoms with van der Waals surface area (Å²) in [6.45, 7) is 2.25. The van der Waals surface area contributed by atoms with Crippen molar-refractivity contribution < 1.29 is 19.4 Å². The Hall–Kier alpha value is -2.86. The normalized spacial score (nSPS) is 16.5. The van der Waals surface area contributed by atoms with Gasteiger partial charge in [-0.3, -0.25) is 14.5 Å². The maximum atomic E-state index is 12.3. The van der Waals surface area contributed by atoms with Crippen LogP contribution >= 0.6 is 0 Å². The second-order valence-corrected chi connectivity index (χ2v) is 7.57. The van der Waals surface area contributed by atoms with E-state index in [2.05, 4.69) is 17.4 Å². The topological polar surface area (TPSA) is 78.9 Å². The van der Waals surface area contributed by atoms with Gasteiger partial charge in [0.1, 0.15) is 5.75 Å². The molecule has 2 aromatic carbocycles. The molecular formula is C23H28N2O4. The number of rotatable bonds is 9. The molecule has 1 heterocycles. The van der Waals surface area contributed by atoms with Crippen molar-refractivity contribution in [3.8, 4) is 5.75 Å². The van der Waals surface area contributed by atoms with Gasteiger partial charge in [0.25, 0.3) is 0 Å². The SMILES string of the molecule is COc1ccccc1CNC(=O)Cc1ccc(CC2CCN(CC(=O)O)C2)cc1. The number of para-hydroxylation sites is 1. The van der Waals surface area contributed by atoms with E-state index in [0.29, 0.717) is 18.9 Å². The van der Waals surface area contributed by atoms with Crippen LogP contribution in [0.15, 0.2) is 48.5 Å². The van der Waals surface area contributed by atoms with E-state index in [0.717, 1.165) is 42.8 Å². The van der Waals surface area contributed by atoms with E-state index >= 15 is 0 Å². The molecule has 0 spiro atoms. The van der Waals surface area contributed by atoms with Crippen LogP contribution in [-0.2, 0) is 29.0 Å². The molecule has 0 aliphatic carbocycles. The van der Waals surface area contributed by atoms with Crippen LogP contribution in [0.5, 0.6) is 5.75 Å². The number of methoxy groups -OCH3 is 1. The van der Waals surface area contributed by atoms with Crippen molar-refractivity contribution in [2.45, 2.75) is 25.8 Å². The van der Waals surface area contributed by atoms with Gasteiger partial charge in [-0.1, -0.05) is 42.5 Å². The first-order valence-electron chi connectivity index (χ1n) is 9.94. The predicted molar refractivity (Wildman–Crippen MR) is 111 cm³/mol. The van der Waals surface area contributed by atoms with Crippen molar-refractivity contribution in [3.05, 3.63) is 65.2 Å². The Balaban J connectivity index is 1.45. The fraction of sp³-hybridized carbons (Fsp3) is 0.391. The number of nitrogens with one attached hydrogen (secondary N) is 1. The number of hydrogen-bond donors (Lipinski definition) is 2. The van der Waals surface area contributed by atoms with E-state index in [-0.39, 0.29) is 12.5 Å². The Kier molecular flexibility index (Phi) is 7.25. The second-order valence-electron chi connectivity index (χ2n) is 7.57. The van der Waals surface area contributed by atoms with E-state index in [1.165, 1.54) is 5.56 Å². The molecule has 3 rings (SSSR count). The predicted octanol–water partition coefficient (Wildman–Crippen LogP) is 2.50. The minimum absolute atomic E-state index is 0.0243. The first-order chi connectivity index (χ1) is 14.0. The van der Waals surface area contributed by atoms with Gasteiger partial charge in [-0.15, -0.1) is 0 Å². The standard InChI is InChI=1S/C23H28N2O4/c1-29-21-5-3-2-4-20(21)14-24-22(26)13-18-8-6-17(7-9-18)12-19-10-11-25(15-19)16-23(27)28/h2-9,19H,10-16H2,1H3,(H,24,26)(H,27,28). The zero-order valence-electron chi connectivity index (χ0n) is 16.8. The molecule has 2 N–H and O–H groups in total. The number of benzene rings is 2. The van der Waals surface area contributed by atoms with Gasteiger partial charge in [0.15, 0.2) is 0 Å². The number of carboxylic acids is 1. The van der Waals surface area contributed by atoms with Crippen molar-refractivity contribution in [1.29, 1.82) is 0 Å². The summed E-state index contributed by atoms with van der Waals surface area (Å²) in [6.07, 6.45) is 2.31. The maximum Gasteiger partial charge on any atom is 0.317 e. The van der Waals surface area contributed by atoms with Gasteiger partial charge in [0.2, 0.25) is 5.91 Å². The number of nitrogens with zero attached hydrogens (tertiary/aromatic N) is 1. The number of carbonyl (C=O) groups excluding carboxylic acids is 1. The Morgan fingerprint density at radius 2 is 1.86 bits per heavy atom. The van der Waals surface area contributed by atoms with Gasteiger partial charge < -0.3 is 15.2 Å². The van der Waals surface area contributed by atoms with Crippen LogP contribution in [0.3, 0.4) is 0 Å². The molecule has 1 aliphatic rings. The van der Waals surface area contributed by atoms with Gasteiger partial charge in [0, 0.05) is 18.7 Å². The van der Waals surface area contributed by atoms with E-state index < -0.39 is 5.97 Å². The number of aliphatic carboxylic acids is 1. The van der Waals surface area contributed by atoms with E-state index in [1.54, 1.807) is 7.11 Å². The van der Waals surface area contributed by atoms with Gasteiger partial charge in [-0.25, -0.2) is 0 Å². The highest BCUT2D eigenvalue weighted by Crippen LogP contribution is 2.21. The fourth-order valence-electron chi connectivity index (χ4n) is 3.83. The zero-order valence-corrected chi connectivity index (χ0v) is 16.8. The summed E-state index contributed by atoms with van der Waals surface area (Å²) in [7, 11) is 1.62. The van der Waals surface area contributed by atoms with Crippen LogP contribution in [0.25, 0.3) is 0 Å². The van der Waals surface area contributed by atoms with Crippen molar-refractivity contribution >= 4 is 11.9 Å². The van der Waals surface area contributed by atoms with Crippen LogP contribution < -0.4 is 10.1 Å². The first kappa shape index (κ1) is 20.9. The van der Waals surface area contributed by atoms with Crippen LogP contribution in [0.1, 0.15) is 23.1 Å². The molecule has 0 bridgehead atoms. The molecule has 0 radical (unpaired) electrons. The summed E-state index contributed by atoms with van der Waals surface area (Å²) in [4.78, 5) is 25.1. The van der Waals surface area contributed by atoms with Crippen LogP contribution in [0, 0.1) is 5.92 Å². The number of likely N-dealkylation sites (tertiary alicyclic amines) is 1. The highest BCUT2D eigenvalue weighted by Gasteiger charge is 2.23. The molecule has 6 heteroatoms. The van der Waals surface area contributed by atoms with Crippen molar-refractivity contribution in [1.82, 2.24) is 10.2 Å². The molecule has 1 amide bonds. The van der Waals surface area contributed by atoms with Crippen LogP contribution in [0.4, 0.5) is 0 Å². The van der Waals surface area contributed by atoms with Crippen molar-refractivity contribution in [2.24, 2.45) is 5.92 Å². The Bertz CT molecular complexity index is 835. The van der Waals surface area contributed by atoms with Crippen LogP contribution in [-0.4, -0.2) is 48.6 Å². The minimum atomic E-state index is -0.765. The largest absolute Gasteiger partial charge is 0.496 e. The molecule has 154 valence electrons. The summed E-state index contributed by atoms with van der Waals surface area (Å²) in [5, 5.41) is 11.8. The molecule has 1 aliphatic heterocycles. The Labute approximate surface area is 171 Å². The molecule has 0 aromatic heterocycles. The third-order valence-corrected chi connectivity index (χ3v) is 5.31. The molecule has 6 nitrogen and oxygen atoms in total. The van der Waals surface area contributed by atoms with Gasteiger partial charge in [-0.2, -0.15) is 0 Å². The molecular weight excluding hydrogens is 368 g/mol. The lowest BCUT2D eigenvalue weighted by molar-refractivity contribution is -0.138. The summed E-state index contributed by atoms with van der Waals surface area (Å²) < 4.78 is 5.31. The molecule has 1 unspecified atom stereocenters. The summed E-state index contributed by atoms with van der Waals surface area (Å²) in [5.74, 6) is 0.470. The molecule has 1 saturated heterocycles. The number of carbonyl (C=O) groups is 2. The third-order valence-electron chi connectivity index (χ3n) is 5.31. The molecule has 0 saturated carbocycles. The van der Waals surface area contributed by atoms with Crippen molar-refractivity contribution in [3.63, 3.8) is 0 Å². The molecule has 1 atom stereocenters. The van der Waals surface area contributed by atoms with E-state index in [4.69, 9.17) is 9.84 Å². The van der Waals surface area contributed by atoms with E-state index in [1.807, 2.05) is 41.3 Å². The first-order valence-corrected chi connectivity index (χ1v) is 9.94. The lowest BCUT2D eigenvalue weighted by Gasteiger charge is -2.13. The quantitative estimate of drug-likeness (QED) is 0.681. The third kappa shape index (κ3) is 6.32. The molecule has 29 heavy (non-hydrogen) atoms. The lowest BCUT2D eigenvalue weighted by Crippen LogP contribution is -2.27. The lowest BCUT2D eigenvalue weighted by atomic mass is 9.97. The minimum Gasteiger partial charge on any atom is -0.496 e. The number of amides is 1. The van der Waals surface area contributed by atoms with Crippen LogP contribution in [0.2, 0.25) is 0 Å². The second kappa shape index (κ2) is 10.1. The summed E-state index contributed by atoms with van der Waals surface area (Å²) in [6, 6.07) is 15.8. The van der Waals surface area contributed by atoms with Gasteiger partial charge >= 0.3 is 5.97 Å². The Morgan fingerprint density at radius 3 is 2.59 bits per heavy atom. The fourth-order valence-corrected chi connectivity index (χ4v) is 3.83. The highest BCUT2D eigenvalue weighted by molar-refractivity contribution is 5.78. The molecule has 1 fully saturated rings. The van der Waals surface area contributed by atoms with E-state index in [9.17, 15) is 9.59 Å². The average molecular weight is 396 g/mol. The van der Waals surface area contributed by atoms with Gasteiger partial charge in [0.05, 0.1) is 20.1 Å². The smallest absolute Gasteiger partial charge is 0.317 e. The summed E-state index contributed by atoms with van der Waals surface area (Å²) >= 11 is 0. The maximum absolute atomic E-state index is 12.3. The number of ether oxygens (including phenoxy) is 1. The number of hydrogen-bond acceptors (Lipinski definition) is 4. The highest BCUT2D eigenvalue weighted by atomic mass is 16.5. The summed E-state index contributed by atoms with van der Waals surface area (Å²) in [5.41, 5.74) is 3.16. The monoisotopic (exact) mass is 396 g/mol. The average Bonchev–Trinajstić information content (AvgIpc) is 3.14. The Morgan fingerprint density at radius 1 is 1.14 bits per heavy atom. The number of carboxylic acid groups (broad SMARTS) is 1.